The number of hydrogen-bond donors (Lipinski definition) is 1. The minimum atomic E-state index is -0.357. The van der Waals surface area contributed by atoms with Crippen molar-refractivity contribution in [3.63, 3.8) is 0 Å². The molecule has 56 valence electrons. The summed E-state index contributed by atoms with van der Waals surface area (Å²) in [5, 5.41) is 2.95. The van der Waals surface area contributed by atoms with Gasteiger partial charge in [0.05, 0.1) is 0 Å². The Hall–Kier alpha value is -0.825. The molecule has 0 aliphatic carbocycles. The SMILES string of the molecule is [B]c1cc(CNC)ccc1F. The monoisotopic (exact) mass is 149 g/mol. The number of nitrogens with one attached hydrogen (secondary N) is 1. The number of benzene rings is 1. The van der Waals surface area contributed by atoms with Crippen molar-refractivity contribution in [3.05, 3.63) is 29.6 Å². The maximum absolute atomic E-state index is 12.6. The van der Waals surface area contributed by atoms with Crippen LogP contribution < -0.4 is 10.8 Å². The van der Waals surface area contributed by atoms with Crippen LogP contribution >= 0.6 is 0 Å². The summed E-state index contributed by atoms with van der Waals surface area (Å²) in [5.41, 5.74) is 1.20. The zero-order valence-corrected chi connectivity index (χ0v) is 6.39. The van der Waals surface area contributed by atoms with Crippen LogP contribution in [0.5, 0.6) is 0 Å². The summed E-state index contributed by atoms with van der Waals surface area (Å²) >= 11 is 0. The predicted molar refractivity (Wildman–Crippen MR) is 44.6 cm³/mol. The highest BCUT2D eigenvalue weighted by Crippen LogP contribution is 1.98. The highest BCUT2D eigenvalue weighted by atomic mass is 19.1. The molecular weight excluding hydrogens is 140 g/mol. The van der Waals surface area contributed by atoms with Crippen LogP contribution in [-0.2, 0) is 6.54 Å². The maximum atomic E-state index is 12.6. The topological polar surface area (TPSA) is 12.0 Å². The van der Waals surface area contributed by atoms with Crippen LogP contribution in [0.4, 0.5) is 4.39 Å². The molecule has 0 aliphatic rings. The average Bonchev–Trinajstić information content (AvgIpc) is 1.98. The van der Waals surface area contributed by atoms with Gasteiger partial charge in [-0.1, -0.05) is 17.6 Å². The molecule has 0 amide bonds. The van der Waals surface area contributed by atoms with E-state index in [-0.39, 0.29) is 11.3 Å². The van der Waals surface area contributed by atoms with Gasteiger partial charge in [-0.05, 0) is 18.7 Å². The molecule has 0 spiro atoms. The van der Waals surface area contributed by atoms with Gasteiger partial charge in [-0.15, -0.1) is 0 Å². The van der Waals surface area contributed by atoms with Crippen molar-refractivity contribution in [1.82, 2.24) is 5.32 Å². The minimum Gasteiger partial charge on any atom is -0.316 e. The lowest BCUT2D eigenvalue weighted by atomic mass is 9.94. The smallest absolute Gasteiger partial charge is 0.117 e. The molecule has 0 aromatic heterocycles. The standard InChI is InChI=1S/C8H9BFN/c1-11-5-6-2-3-8(10)7(9)4-6/h2-4,11H,5H2,1H3. The van der Waals surface area contributed by atoms with Crippen molar-refractivity contribution in [2.45, 2.75) is 6.54 Å². The molecule has 1 rings (SSSR count). The molecule has 0 saturated carbocycles. The van der Waals surface area contributed by atoms with E-state index in [1.54, 1.807) is 12.1 Å². The number of halogens is 1. The Morgan fingerprint density at radius 2 is 2.27 bits per heavy atom. The van der Waals surface area contributed by atoms with Crippen LogP contribution in [0.25, 0.3) is 0 Å². The van der Waals surface area contributed by atoms with E-state index in [0.717, 1.165) is 5.56 Å². The van der Waals surface area contributed by atoms with Gasteiger partial charge in [-0.3, -0.25) is 0 Å². The van der Waals surface area contributed by atoms with Crippen molar-refractivity contribution in [2.75, 3.05) is 7.05 Å². The van der Waals surface area contributed by atoms with E-state index in [0.29, 0.717) is 6.54 Å². The maximum Gasteiger partial charge on any atom is 0.117 e. The van der Waals surface area contributed by atoms with E-state index in [9.17, 15) is 4.39 Å². The molecule has 0 aliphatic heterocycles. The number of hydrogen-bond acceptors (Lipinski definition) is 1. The Kier molecular flexibility index (Phi) is 2.66. The first kappa shape index (κ1) is 8.27. The van der Waals surface area contributed by atoms with E-state index >= 15 is 0 Å². The second kappa shape index (κ2) is 3.53. The van der Waals surface area contributed by atoms with Gasteiger partial charge in [0, 0.05) is 6.54 Å². The van der Waals surface area contributed by atoms with E-state index in [2.05, 4.69) is 5.32 Å². The molecule has 2 radical (unpaired) electrons. The van der Waals surface area contributed by atoms with Gasteiger partial charge in [0.15, 0.2) is 0 Å². The van der Waals surface area contributed by atoms with Crippen LogP contribution in [0, 0.1) is 5.82 Å². The Morgan fingerprint density at radius 1 is 1.55 bits per heavy atom. The molecule has 1 aromatic carbocycles. The fourth-order valence-corrected chi connectivity index (χ4v) is 0.907. The van der Waals surface area contributed by atoms with Gasteiger partial charge < -0.3 is 5.32 Å². The highest BCUT2D eigenvalue weighted by molar-refractivity contribution is 6.32. The van der Waals surface area contributed by atoms with Gasteiger partial charge in [-0.25, -0.2) is 4.39 Å². The quantitative estimate of drug-likeness (QED) is 0.597. The average molecular weight is 149 g/mol. The second-order valence-electron chi connectivity index (χ2n) is 2.39. The van der Waals surface area contributed by atoms with Crippen molar-refractivity contribution < 1.29 is 4.39 Å². The molecule has 0 saturated heterocycles. The summed E-state index contributed by atoms with van der Waals surface area (Å²) < 4.78 is 12.6. The van der Waals surface area contributed by atoms with Crippen LogP contribution in [-0.4, -0.2) is 14.9 Å². The largest absolute Gasteiger partial charge is 0.316 e. The van der Waals surface area contributed by atoms with Crippen molar-refractivity contribution in [3.8, 4) is 0 Å². The minimum absolute atomic E-state index is 0.206. The molecule has 0 heterocycles. The molecule has 0 unspecified atom stereocenters. The third-order valence-corrected chi connectivity index (χ3v) is 1.44. The zero-order chi connectivity index (χ0) is 8.27. The fourth-order valence-electron chi connectivity index (χ4n) is 0.907. The Morgan fingerprint density at radius 3 is 2.82 bits per heavy atom. The third-order valence-electron chi connectivity index (χ3n) is 1.44. The first-order valence-electron chi connectivity index (χ1n) is 3.42. The van der Waals surface area contributed by atoms with E-state index < -0.39 is 0 Å². The van der Waals surface area contributed by atoms with E-state index in [4.69, 9.17) is 7.85 Å². The van der Waals surface area contributed by atoms with E-state index in [1.165, 1.54) is 6.07 Å². The van der Waals surface area contributed by atoms with Crippen LogP contribution in [0.15, 0.2) is 18.2 Å². The first-order valence-corrected chi connectivity index (χ1v) is 3.42. The van der Waals surface area contributed by atoms with Gasteiger partial charge in [0.2, 0.25) is 0 Å². The summed E-state index contributed by atoms with van der Waals surface area (Å²) in [7, 11) is 7.18. The molecule has 1 aromatic rings. The van der Waals surface area contributed by atoms with Crippen molar-refractivity contribution in [2.24, 2.45) is 0 Å². The fraction of sp³-hybridized carbons (Fsp3) is 0.250. The summed E-state index contributed by atoms with van der Waals surface area (Å²) in [6.45, 7) is 0.713. The molecule has 0 fully saturated rings. The first-order chi connectivity index (χ1) is 5.24. The van der Waals surface area contributed by atoms with Gasteiger partial charge in [-0.2, -0.15) is 0 Å². The molecule has 3 heteroatoms. The lowest BCUT2D eigenvalue weighted by Gasteiger charge is -2.01. The van der Waals surface area contributed by atoms with Gasteiger partial charge in [0.25, 0.3) is 0 Å². The highest BCUT2D eigenvalue weighted by Gasteiger charge is 1.96. The molecular formula is C8H9BFN. The Bertz CT molecular complexity index is 250. The predicted octanol–water partition coefficient (Wildman–Crippen LogP) is 0.339. The van der Waals surface area contributed by atoms with Crippen molar-refractivity contribution in [1.29, 1.82) is 0 Å². The Balaban J connectivity index is 2.86. The molecule has 1 N–H and O–H groups in total. The molecule has 0 atom stereocenters. The second-order valence-corrected chi connectivity index (χ2v) is 2.39. The van der Waals surface area contributed by atoms with Crippen LogP contribution in [0.2, 0.25) is 0 Å². The third kappa shape index (κ3) is 2.05. The van der Waals surface area contributed by atoms with Crippen LogP contribution in [0.3, 0.4) is 0 Å². The normalized spacial score (nSPS) is 10.0. The summed E-state index contributed by atoms with van der Waals surface area (Å²) in [6.07, 6.45) is 0. The van der Waals surface area contributed by atoms with Crippen LogP contribution in [0.1, 0.15) is 5.56 Å². The summed E-state index contributed by atoms with van der Waals surface area (Å²) in [5.74, 6) is -0.357. The summed E-state index contributed by atoms with van der Waals surface area (Å²) in [6, 6.07) is 4.72. The van der Waals surface area contributed by atoms with Gasteiger partial charge >= 0.3 is 0 Å². The van der Waals surface area contributed by atoms with Crippen molar-refractivity contribution >= 4 is 13.3 Å². The molecule has 1 nitrogen and oxygen atoms in total. The Labute approximate surface area is 67.0 Å². The molecule has 0 bridgehead atoms. The summed E-state index contributed by atoms with van der Waals surface area (Å²) in [4.78, 5) is 0. The lowest BCUT2D eigenvalue weighted by Crippen LogP contribution is -2.12. The van der Waals surface area contributed by atoms with E-state index in [1.807, 2.05) is 7.05 Å². The molecule has 11 heavy (non-hydrogen) atoms. The zero-order valence-electron chi connectivity index (χ0n) is 6.39. The van der Waals surface area contributed by atoms with Gasteiger partial charge in [0.1, 0.15) is 13.7 Å². The number of rotatable bonds is 2. The lowest BCUT2D eigenvalue weighted by molar-refractivity contribution is 0.635.